The van der Waals surface area contributed by atoms with E-state index >= 15 is 0 Å². The summed E-state index contributed by atoms with van der Waals surface area (Å²) in [4.78, 5) is 24.0. The zero-order chi connectivity index (χ0) is 25.3. The summed E-state index contributed by atoms with van der Waals surface area (Å²) in [6.45, 7) is 2.16. The van der Waals surface area contributed by atoms with Crippen LogP contribution in [0.1, 0.15) is 45.4 Å². The van der Waals surface area contributed by atoms with Crippen LogP contribution in [0.3, 0.4) is 0 Å². The highest BCUT2D eigenvalue weighted by molar-refractivity contribution is 7.14. The molecule has 1 aliphatic carbocycles. The Bertz CT molecular complexity index is 1310. The number of ether oxygens (including phenoxy) is 2. The smallest absolute Gasteiger partial charge is 0.406 e. The molecule has 1 aromatic carbocycles. The van der Waals surface area contributed by atoms with Crippen LogP contribution in [-0.2, 0) is 11.3 Å². The first kappa shape index (κ1) is 24.0. The number of aromatic nitrogens is 4. The SMILES string of the molecule is N#Cc1cnc(-n2nc(N3CCOCC3)nc2CNC(=O)c2cc(OC(F)(F)F)cc(C3CC3)c2)s1. The number of carbonyl (C=O) groups is 1. The summed E-state index contributed by atoms with van der Waals surface area (Å²) < 4.78 is 49.3. The third kappa shape index (κ3) is 5.58. The molecular formula is C22H20F3N7O3S. The number of alkyl halides is 3. The number of thiazole rings is 1. The van der Waals surface area contributed by atoms with E-state index in [0.29, 0.717) is 53.6 Å². The molecule has 0 spiro atoms. The van der Waals surface area contributed by atoms with E-state index in [0.717, 1.165) is 30.2 Å². The van der Waals surface area contributed by atoms with Crippen LogP contribution in [0.5, 0.6) is 5.75 Å². The minimum absolute atomic E-state index is 0.0548. The van der Waals surface area contributed by atoms with Gasteiger partial charge in [-0.15, -0.1) is 18.3 Å². The summed E-state index contributed by atoms with van der Waals surface area (Å²) in [6, 6.07) is 6.00. The Morgan fingerprint density at radius 2 is 2.06 bits per heavy atom. The first-order valence-corrected chi connectivity index (χ1v) is 11.9. The Hall–Kier alpha value is -3.70. The quantitative estimate of drug-likeness (QED) is 0.506. The number of anilines is 1. The summed E-state index contributed by atoms with van der Waals surface area (Å²) in [5.74, 6) is -0.112. The van der Waals surface area contributed by atoms with Crippen molar-refractivity contribution in [3.05, 3.63) is 46.2 Å². The van der Waals surface area contributed by atoms with E-state index in [1.165, 1.54) is 16.9 Å². The molecule has 2 fully saturated rings. The van der Waals surface area contributed by atoms with E-state index < -0.39 is 18.0 Å². The molecule has 1 aliphatic heterocycles. The first-order valence-electron chi connectivity index (χ1n) is 11.1. The van der Waals surface area contributed by atoms with Gasteiger partial charge in [0, 0.05) is 18.7 Å². The summed E-state index contributed by atoms with van der Waals surface area (Å²) in [5.41, 5.74) is 0.686. The van der Waals surface area contributed by atoms with Gasteiger partial charge in [0.2, 0.25) is 11.1 Å². The van der Waals surface area contributed by atoms with Crippen LogP contribution >= 0.6 is 11.3 Å². The topological polar surface area (TPSA) is 118 Å². The van der Waals surface area contributed by atoms with Crippen LogP contribution in [0.15, 0.2) is 24.4 Å². The Morgan fingerprint density at radius 3 is 2.72 bits per heavy atom. The van der Waals surface area contributed by atoms with Gasteiger partial charge in [-0.1, -0.05) is 11.3 Å². The maximum absolute atomic E-state index is 12.9. The van der Waals surface area contributed by atoms with E-state index in [1.807, 2.05) is 11.0 Å². The van der Waals surface area contributed by atoms with Gasteiger partial charge in [0.1, 0.15) is 16.7 Å². The monoisotopic (exact) mass is 519 g/mol. The van der Waals surface area contributed by atoms with E-state index in [9.17, 15) is 18.0 Å². The Balaban J connectivity index is 1.39. The third-order valence-electron chi connectivity index (χ3n) is 5.62. The Kier molecular flexibility index (Phi) is 6.50. The van der Waals surface area contributed by atoms with Gasteiger partial charge in [-0.3, -0.25) is 4.79 Å². The van der Waals surface area contributed by atoms with Gasteiger partial charge in [0.25, 0.3) is 5.91 Å². The summed E-state index contributed by atoms with van der Waals surface area (Å²) in [5, 5.41) is 16.8. The van der Waals surface area contributed by atoms with Gasteiger partial charge >= 0.3 is 6.36 Å². The van der Waals surface area contributed by atoms with Gasteiger partial charge in [0.05, 0.1) is 26.0 Å². The molecule has 2 aromatic heterocycles. The van der Waals surface area contributed by atoms with Crippen molar-refractivity contribution >= 4 is 23.2 Å². The number of nitriles is 1. The molecule has 36 heavy (non-hydrogen) atoms. The van der Waals surface area contributed by atoms with Crippen LogP contribution in [-0.4, -0.2) is 58.3 Å². The predicted molar refractivity (Wildman–Crippen MR) is 121 cm³/mol. The molecular weight excluding hydrogens is 499 g/mol. The van der Waals surface area contributed by atoms with Crippen molar-refractivity contribution in [2.45, 2.75) is 31.7 Å². The standard InChI is InChI=1S/C22H20F3N7O3S/c23-22(24,25)35-16-8-14(13-1-2-13)7-15(9-16)19(33)27-12-18-29-20(31-3-5-34-6-4-31)30-32(18)21-28-11-17(10-26)36-21/h7-9,11,13H,1-6,12H2,(H,27,33). The maximum Gasteiger partial charge on any atom is 0.573 e. The molecule has 0 unspecified atom stereocenters. The number of hydrogen-bond donors (Lipinski definition) is 1. The molecule has 188 valence electrons. The lowest BCUT2D eigenvalue weighted by atomic mass is 10.1. The minimum atomic E-state index is -4.86. The average molecular weight is 520 g/mol. The number of nitrogens with zero attached hydrogens (tertiary/aromatic N) is 6. The van der Waals surface area contributed by atoms with Crippen molar-refractivity contribution in [3.8, 4) is 17.0 Å². The van der Waals surface area contributed by atoms with Gasteiger partial charge in [-0.05, 0) is 42.5 Å². The second kappa shape index (κ2) is 9.75. The van der Waals surface area contributed by atoms with E-state index in [1.54, 1.807) is 6.07 Å². The van der Waals surface area contributed by atoms with Crippen LogP contribution in [0.25, 0.3) is 5.13 Å². The van der Waals surface area contributed by atoms with Crippen molar-refractivity contribution < 1.29 is 27.4 Å². The average Bonchev–Trinajstić information content (AvgIpc) is 3.45. The number of benzene rings is 1. The fourth-order valence-electron chi connectivity index (χ4n) is 3.77. The zero-order valence-corrected chi connectivity index (χ0v) is 19.6. The van der Waals surface area contributed by atoms with Crippen LogP contribution in [0, 0.1) is 11.3 Å². The predicted octanol–water partition coefficient (Wildman–Crippen LogP) is 3.14. The highest BCUT2D eigenvalue weighted by Crippen LogP contribution is 2.42. The molecule has 0 radical (unpaired) electrons. The lowest BCUT2D eigenvalue weighted by Gasteiger charge is -2.25. The van der Waals surface area contributed by atoms with Crippen LogP contribution in [0.4, 0.5) is 19.1 Å². The number of hydrogen-bond acceptors (Lipinski definition) is 9. The lowest BCUT2D eigenvalue weighted by molar-refractivity contribution is -0.274. The minimum Gasteiger partial charge on any atom is -0.406 e. The highest BCUT2D eigenvalue weighted by Gasteiger charge is 2.33. The van der Waals surface area contributed by atoms with Gasteiger partial charge in [-0.25, -0.2) is 4.98 Å². The van der Waals surface area contributed by atoms with Crippen molar-refractivity contribution in [2.24, 2.45) is 0 Å². The second-order valence-electron chi connectivity index (χ2n) is 8.25. The van der Waals surface area contributed by atoms with Crippen LogP contribution in [0.2, 0.25) is 0 Å². The van der Waals surface area contributed by atoms with Crippen molar-refractivity contribution in [1.82, 2.24) is 25.1 Å². The first-order chi connectivity index (χ1) is 17.3. The molecule has 10 nitrogen and oxygen atoms in total. The van der Waals surface area contributed by atoms with Gasteiger partial charge in [-0.2, -0.15) is 14.9 Å². The molecule has 14 heteroatoms. The third-order valence-corrected chi connectivity index (χ3v) is 6.50. The molecule has 2 aliphatic rings. The van der Waals surface area contributed by atoms with Crippen molar-refractivity contribution in [2.75, 3.05) is 31.2 Å². The Labute approximate surface area is 207 Å². The number of rotatable bonds is 7. The van der Waals surface area contributed by atoms with Crippen molar-refractivity contribution in [1.29, 1.82) is 5.26 Å². The second-order valence-corrected chi connectivity index (χ2v) is 9.26. The molecule has 0 bridgehead atoms. The fourth-order valence-corrected chi connectivity index (χ4v) is 4.46. The maximum atomic E-state index is 12.9. The van der Waals surface area contributed by atoms with Crippen molar-refractivity contribution in [3.63, 3.8) is 0 Å². The molecule has 0 atom stereocenters. The zero-order valence-electron chi connectivity index (χ0n) is 18.8. The largest absolute Gasteiger partial charge is 0.573 e. The number of nitrogens with one attached hydrogen (secondary N) is 1. The summed E-state index contributed by atoms with van der Waals surface area (Å²) in [7, 11) is 0. The molecule has 1 N–H and O–H groups in total. The molecule has 3 heterocycles. The fraction of sp³-hybridized carbons (Fsp3) is 0.409. The normalized spacial score (nSPS) is 16.0. The lowest BCUT2D eigenvalue weighted by Crippen LogP contribution is -2.37. The summed E-state index contributed by atoms with van der Waals surface area (Å²) in [6.07, 6.45) is -1.74. The molecule has 3 aromatic rings. The number of morpholine rings is 1. The molecule has 1 amide bonds. The Morgan fingerprint density at radius 1 is 1.28 bits per heavy atom. The number of halogens is 3. The van der Waals surface area contributed by atoms with Gasteiger partial charge < -0.3 is 19.7 Å². The molecule has 1 saturated heterocycles. The van der Waals surface area contributed by atoms with Gasteiger partial charge in [0.15, 0.2) is 5.82 Å². The highest BCUT2D eigenvalue weighted by atomic mass is 32.1. The molecule has 5 rings (SSSR count). The summed E-state index contributed by atoms with van der Waals surface area (Å²) >= 11 is 1.12. The van der Waals surface area contributed by atoms with E-state index in [-0.39, 0.29) is 18.0 Å². The number of amides is 1. The number of carbonyl (C=O) groups excluding carboxylic acids is 1. The van der Waals surface area contributed by atoms with E-state index in [2.05, 4.69) is 25.1 Å². The van der Waals surface area contributed by atoms with Crippen LogP contribution < -0.4 is 15.0 Å². The van der Waals surface area contributed by atoms with E-state index in [4.69, 9.17) is 10.00 Å². The molecule has 1 saturated carbocycles.